The topological polar surface area (TPSA) is 41.6 Å². The van der Waals surface area contributed by atoms with Gasteiger partial charge in [0.25, 0.3) is 5.91 Å². The number of hydrogen-bond acceptors (Lipinski definition) is 3. The third-order valence-corrected chi connectivity index (χ3v) is 4.07. The van der Waals surface area contributed by atoms with E-state index in [2.05, 4.69) is 10.2 Å². The first-order valence-corrected chi connectivity index (χ1v) is 8.32. The number of nitrogens with one attached hydrogen (secondary N) is 1. The molecule has 2 rings (SSSR count). The highest BCUT2D eigenvalue weighted by Crippen LogP contribution is 2.27. The van der Waals surface area contributed by atoms with Crippen LogP contribution in [-0.2, 0) is 6.54 Å². The number of carbonyl (C=O) groups is 1. The van der Waals surface area contributed by atoms with E-state index in [1.807, 2.05) is 31.3 Å². The summed E-state index contributed by atoms with van der Waals surface area (Å²) in [4.78, 5) is 13.6. The zero-order chi connectivity index (χ0) is 17.5. The minimum atomic E-state index is -0.0818. The predicted octanol–water partition coefficient (Wildman–Crippen LogP) is 3.86. The Labute approximate surface area is 152 Å². The van der Waals surface area contributed by atoms with Gasteiger partial charge in [-0.1, -0.05) is 35.3 Å². The molecule has 0 bridgehead atoms. The van der Waals surface area contributed by atoms with E-state index in [1.165, 1.54) is 0 Å². The molecular weight excluding hydrogens is 347 g/mol. The first-order valence-electron chi connectivity index (χ1n) is 7.57. The largest absolute Gasteiger partial charge is 0.491 e. The molecule has 2 aromatic rings. The van der Waals surface area contributed by atoms with E-state index in [4.69, 9.17) is 27.9 Å². The first kappa shape index (κ1) is 18.6. The summed E-state index contributed by atoms with van der Waals surface area (Å²) < 4.78 is 5.68. The average Bonchev–Trinajstić information content (AvgIpc) is 2.58. The van der Waals surface area contributed by atoms with Crippen molar-refractivity contribution in [2.24, 2.45) is 0 Å². The summed E-state index contributed by atoms with van der Waals surface area (Å²) in [6.07, 6.45) is 0. The molecular formula is C18H20Cl2N2O2. The second kappa shape index (κ2) is 8.92. The summed E-state index contributed by atoms with van der Waals surface area (Å²) in [6.45, 7) is 2.01. The molecule has 2 aromatic carbocycles. The maximum atomic E-state index is 11.5. The molecule has 0 aliphatic carbocycles. The Kier molecular flexibility index (Phi) is 6.91. The summed E-state index contributed by atoms with van der Waals surface area (Å²) in [6, 6.07) is 12.7. The monoisotopic (exact) mass is 366 g/mol. The maximum absolute atomic E-state index is 11.5. The second-order valence-corrected chi connectivity index (χ2v) is 6.28. The van der Waals surface area contributed by atoms with Gasteiger partial charge in [-0.2, -0.15) is 0 Å². The highest BCUT2D eigenvalue weighted by atomic mass is 35.5. The molecule has 0 saturated heterocycles. The van der Waals surface area contributed by atoms with Gasteiger partial charge in [0.2, 0.25) is 0 Å². The molecule has 24 heavy (non-hydrogen) atoms. The van der Waals surface area contributed by atoms with Crippen LogP contribution in [0.5, 0.6) is 5.75 Å². The van der Waals surface area contributed by atoms with Crippen LogP contribution in [-0.4, -0.2) is 38.1 Å². The van der Waals surface area contributed by atoms with E-state index in [-0.39, 0.29) is 5.91 Å². The van der Waals surface area contributed by atoms with Gasteiger partial charge in [0, 0.05) is 36.8 Å². The van der Waals surface area contributed by atoms with Gasteiger partial charge in [-0.25, -0.2) is 0 Å². The van der Waals surface area contributed by atoms with Crippen molar-refractivity contribution in [2.75, 3.05) is 27.2 Å². The number of rotatable bonds is 7. The number of ether oxygens (including phenoxy) is 1. The number of benzene rings is 2. The lowest BCUT2D eigenvalue weighted by Crippen LogP contribution is -2.24. The van der Waals surface area contributed by atoms with Crippen molar-refractivity contribution < 1.29 is 9.53 Å². The quantitative estimate of drug-likeness (QED) is 0.808. The molecule has 128 valence electrons. The molecule has 4 nitrogen and oxygen atoms in total. The predicted molar refractivity (Wildman–Crippen MR) is 98.1 cm³/mol. The van der Waals surface area contributed by atoms with Crippen LogP contribution >= 0.6 is 23.2 Å². The number of likely N-dealkylation sites (N-methyl/N-ethyl adjacent to an activating group) is 1. The van der Waals surface area contributed by atoms with E-state index in [0.717, 1.165) is 18.7 Å². The van der Waals surface area contributed by atoms with Crippen LogP contribution < -0.4 is 10.1 Å². The zero-order valence-electron chi connectivity index (χ0n) is 13.7. The molecule has 0 heterocycles. The Hall–Kier alpha value is -1.75. The van der Waals surface area contributed by atoms with Gasteiger partial charge in [-0.3, -0.25) is 9.69 Å². The van der Waals surface area contributed by atoms with E-state index >= 15 is 0 Å². The first-order chi connectivity index (χ1) is 11.5. The number of hydrogen-bond donors (Lipinski definition) is 1. The van der Waals surface area contributed by atoms with Gasteiger partial charge in [0.05, 0.1) is 5.02 Å². The maximum Gasteiger partial charge on any atom is 0.251 e. The summed E-state index contributed by atoms with van der Waals surface area (Å²) >= 11 is 12.0. The van der Waals surface area contributed by atoms with Gasteiger partial charge >= 0.3 is 0 Å². The minimum Gasteiger partial charge on any atom is -0.491 e. The van der Waals surface area contributed by atoms with E-state index in [9.17, 15) is 4.79 Å². The average molecular weight is 367 g/mol. The molecule has 0 aliphatic rings. The molecule has 0 fully saturated rings. The second-order valence-electron chi connectivity index (χ2n) is 5.44. The summed E-state index contributed by atoms with van der Waals surface area (Å²) in [5, 5.41) is 3.75. The van der Waals surface area contributed by atoms with Gasteiger partial charge in [-0.15, -0.1) is 0 Å². The van der Waals surface area contributed by atoms with Crippen molar-refractivity contribution in [2.45, 2.75) is 6.54 Å². The molecule has 0 aromatic heterocycles. The summed E-state index contributed by atoms with van der Waals surface area (Å²) in [7, 11) is 3.63. The molecule has 0 atom stereocenters. The van der Waals surface area contributed by atoms with Crippen molar-refractivity contribution >= 4 is 29.1 Å². The van der Waals surface area contributed by atoms with Crippen molar-refractivity contribution in [1.82, 2.24) is 10.2 Å². The van der Waals surface area contributed by atoms with Crippen molar-refractivity contribution in [1.29, 1.82) is 0 Å². The lowest BCUT2D eigenvalue weighted by Gasteiger charge is -2.17. The third kappa shape index (κ3) is 5.41. The molecule has 0 saturated carbocycles. The van der Waals surface area contributed by atoms with Crippen LogP contribution in [0.2, 0.25) is 10.0 Å². The fourth-order valence-electron chi connectivity index (χ4n) is 2.20. The Bertz CT molecular complexity index is 690. The lowest BCUT2D eigenvalue weighted by atomic mass is 10.1. The number of amides is 1. The highest BCUT2D eigenvalue weighted by Gasteiger charge is 2.06. The number of carbonyl (C=O) groups excluding carboxylic acids is 1. The smallest absolute Gasteiger partial charge is 0.251 e. The number of halogens is 2. The Morgan fingerprint density at radius 3 is 2.54 bits per heavy atom. The molecule has 1 amide bonds. The van der Waals surface area contributed by atoms with E-state index in [0.29, 0.717) is 28.0 Å². The molecule has 6 heteroatoms. The van der Waals surface area contributed by atoms with Gasteiger partial charge in [0.1, 0.15) is 12.4 Å². The fraction of sp³-hybridized carbons (Fsp3) is 0.278. The molecule has 0 aliphatic heterocycles. The van der Waals surface area contributed by atoms with Gasteiger partial charge in [0.15, 0.2) is 0 Å². The fourth-order valence-corrected chi connectivity index (χ4v) is 2.53. The number of nitrogens with zero attached hydrogens (tertiary/aromatic N) is 1. The Balaban J connectivity index is 1.81. The molecule has 0 spiro atoms. The van der Waals surface area contributed by atoms with Crippen LogP contribution in [0.25, 0.3) is 0 Å². The van der Waals surface area contributed by atoms with Gasteiger partial charge in [-0.05, 0) is 36.9 Å². The zero-order valence-corrected chi connectivity index (χ0v) is 15.2. The standard InChI is InChI=1S/C18H20Cl2N2O2/c1-21-18(23)14-5-3-13(4-6-14)12-22(2)9-10-24-17-11-15(19)7-8-16(17)20/h3-8,11H,9-10,12H2,1-2H3,(H,21,23). The third-order valence-electron chi connectivity index (χ3n) is 3.52. The highest BCUT2D eigenvalue weighted by molar-refractivity contribution is 6.34. The minimum absolute atomic E-state index is 0.0818. The van der Waals surface area contributed by atoms with Crippen LogP contribution in [0, 0.1) is 0 Å². The van der Waals surface area contributed by atoms with E-state index < -0.39 is 0 Å². The Morgan fingerprint density at radius 1 is 1.17 bits per heavy atom. The van der Waals surface area contributed by atoms with Crippen LogP contribution in [0.1, 0.15) is 15.9 Å². The van der Waals surface area contributed by atoms with Crippen molar-refractivity contribution in [3.8, 4) is 5.75 Å². The van der Waals surface area contributed by atoms with E-state index in [1.54, 1.807) is 25.2 Å². The van der Waals surface area contributed by atoms with Gasteiger partial charge < -0.3 is 10.1 Å². The lowest BCUT2D eigenvalue weighted by molar-refractivity contribution is 0.0963. The Morgan fingerprint density at radius 2 is 1.88 bits per heavy atom. The molecule has 0 radical (unpaired) electrons. The van der Waals surface area contributed by atoms with Crippen molar-refractivity contribution in [3.63, 3.8) is 0 Å². The van der Waals surface area contributed by atoms with Crippen molar-refractivity contribution in [3.05, 3.63) is 63.6 Å². The molecule has 0 unspecified atom stereocenters. The van der Waals surface area contributed by atoms with Crippen LogP contribution in [0.15, 0.2) is 42.5 Å². The van der Waals surface area contributed by atoms with Crippen LogP contribution in [0.4, 0.5) is 0 Å². The SMILES string of the molecule is CNC(=O)c1ccc(CN(C)CCOc2cc(Cl)ccc2Cl)cc1. The summed E-state index contributed by atoms with van der Waals surface area (Å²) in [5.41, 5.74) is 1.79. The summed E-state index contributed by atoms with van der Waals surface area (Å²) in [5.74, 6) is 0.509. The molecule has 1 N–H and O–H groups in total. The normalized spacial score (nSPS) is 10.7. The van der Waals surface area contributed by atoms with Crippen LogP contribution in [0.3, 0.4) is 0 Å².